The number of carbonyl (C=O) groups is 1. The topological polar surface area (TPSA) is 83.6 Å². The zero-order valence-electron chi connectivity index (χ0n) is 13.8. The van der Waals surface area contributed by atoms with E-state index in [9.17, 15) is 4.79 Å². The fourth-order valence-corrected chi connectivity index (χ4v) is 2.43. The van der Waals surface area contributed by atoms with Gasteiger partial charge in [0.05, 0.1) is 6.54 Å². The van der Waals surface area contributed by atoms with E-state index in [0.717, 1.165) is 37.5 Å². The quantitative estimate of drug-likeness (QED) is 0.436. The van der Waals surface area contributed by atoms with Crippen LogP contribution in [-0.4, -0.2) is 41.4 Å². The van der Waals surface area contributed by atoms with Crippen molar-refractivity contribution in [2.75, 3.05) is 25.0 Å². The predicted molar refractivity (Wildman–Crippen MR) is 104 cm³/mol. The highest BCUT2D eigenvalue weighted by atomic mass is 127. The van der Waals surface area contributed by atoms with E-state index in [1.165, 1.54) is 0 Å². The molecule has 1 fully saturated rings. The van der Waals surface area contributed by atoms with E-state index in [1.807, 2.05) is 19.1 Å². The van der Waals surface area contributed by atoms with Gasteiger partial charge in [0.15, 0.2) is 5.96 Å². The first kappa shape index (κ1) is 19.7. The molecule has 0 saturated carbocycles. The maximum atomic E-state index is 11.8. The number of carbonyl (C=O) groups excluding carboxylic acids is 1. The van der Waals surface area contributed by atoms with Crippen molar-refractivity contribution in [2.24, 2.45) is 16.6 Å². The summed E-state index contributed by atoms with van der Waals surface area (Å²) in [7, 11) is 0. The number of aliphatic imine (C=N–C) groups is 1. The van der Waals surface area contributed by atoms with E-state index in [4.69, 9.17) is 5.73 Å². The SMILES string of the molecule is Cc1cccc(NC(=O)CCN=C(N)N2CCC(C)CC2)n1.I. The van der Waals surface area contributed by atoms with Gasteiger partial charge in [0.1, 0.15) is 5.82 Å². The lowest BCUT2D eigenvalue weighted by Gasteiger charge is -2.31. The Morgan fingerprint density at radius 3 is 2.78 bits per heavy atom. The number of hydrogen-bond acceptors (Lipinski definition) is 3. The molecule has 2 heterocycles. The number of aromatic nitrogens is 1. The number of pyridine rings is 1. The van der Waals surface area contributed by atoms with Crippen LogP contribution in [0.4, 0.5) is 5.82 Å². The third-order valence-corrected chi connectivity index (χ3v) is 3.88. The third-order valence-electron chi connectivity index (χ3n) is 3.88. The van der Waals surface area contributed by atoms with Crippen molar-refractivity contribution in [3.63, 3.8) is 0 Å². The van der Waals surface area contributed by atoms with Crippen LogP contribution in [0.3, 0.4) is 0 Å². The van der Waals surface area contributed by atoms with Crippen molar-refractivity contribution < 1.29 is 4.79 Å². The molecule has 2 rings (SSSR count). The van der Waals surface area contributed by atoms with Crippen LogP contribution in [0.2, 0.25) is 0 Å². The Morgan fingerprint density at radius 1 is 1.43 bits per heavy atom. The first-order valence-electron chi connectivity index (χ1n) is 7.83. The average Bonchev–Trinajstić information content (AvgIpc) is 2.47. The molecule has 1 aromatic rings. The fraction of sp³-hybridized carbons (Fsp3) is 0.562. The number of nitrogens with zero attached hydrogens (tertiary/aromatic N) is 3. The summed E-state index contributed by atoms with van der Waals surface area (Å²) in [6.07, 6.45) is 2.60. The lowest BCUT2D eigenvalue weighted by molar-refractivity contribution is -0.116. The first-order valence-corrected chi connectivity index (χ1v) is 7.83. The number of piperidine rings is 1. The number of nitrogens with two attached hydrogens (primary N) is 1. The summed E-state index contributed by atoms with van der Waals surface area (Å²) in [6, 6.07) is 5.53. The molecule has 128 valence electrons. The maximum Gasteiger partial charge on any atom is 0.227 e. The molecule has 1 aliphatic rings. The summed E-state index contributed by atoms with van der Waals surface area (Å²) in [5.41, 5.74) is 6.86. The molecule has 0 atom stereocenters. The predicted octanol–water partition coefficient (Wildman–Crippen LogP) is 2.38. The number of nitrogens with one attached hydrogen (secondary N) is 1. The Hall–Kier alpha value is -1.38. The summed E-state index contributed by atoms with van der Waals surface area (Å²) in [6.45, 7) is 6.45. The van der Waals surface area contributed by atoms with Crippen molar-refractivity contribution in [3.05, 3.63) is 23.9 Å². The standard InChI is InChI=1S/C16H25N5O.HI/c1-12-7-10-21(11-8-12)16(17)18-9-6-15(22)20-14-5-3-4-13(2)19-14;/h3-5,12H,6-11H2,1-2H3,(H2,17,18)(H,19,20,22);1H. The molecule has 0 aromatic carbocycles. The summed E-state index contributed by atoms with van der Waals surface area (Å²) < 4.78 is 0. The van der Waals surface area contributed by atoms with Gasteiger partial charge in [-0.3, -0.25) is 9.79 Å². The smallest absolute Gasteiger partial charge is 0.227 e. The molecule has 0 aliphatic carbocycles. The molecule has 1 aliphatic heterocycles. The van der Waals surface area contributed by atoms with Gasteiger partial charge in [0.2, 0.25) is 5.91 Å². The molecule has 6 nitrogen and oxygen atoms in total. The molecule has 3 N–H and O–H groups in total. The van der Waals surface area contributed by atoms with Gasteiger partial charge in [-0.1, -0.05) is 13.0 Å². The lowest BCUT2D eigenvalue weighted by atomic mass is 10.00. The number of likely N-dealkylation sites (tertiary alicyclic amines) is 1. The number of aryl methyl sites for hydroxylation is 1. The highest BCUT2D eigenvalue weighted by Gasteiger charge is 2.16. The maximum absolute atomic E-state index is 11.8. The Kier molecular flexibility index (Phi) is 8.29. The zero-order chi connectivity index (χ0) is 15.9. The Morgan fingerprint density at radius 2 is 2.13 bits per heavy atom. The highest BCUT2D eigenvalue weighted by Crippen LogP contribution is 2.15. The molecular formula is C16H26IN5O. The van der Waals surface area contributed by atoms with Crippen molar-refractivity contribution in [1.82, 2.24) is 9.88 Å². The molecule has 1 saturated heterocycles. The molecule has 0 radical (unpaired) electrons. The normalized spacial score (nSPS) is 15.9. The minimum Gasteiger partial charge on any atom is -0.370 e. The lowest BCUT2D eigenvalue weighted by Crippen LogP contribution is -2.42. The van der Waals surface area contributed by atoms with Gasteiger partial charge in [-0.05, 0) is 37.8 Å². The van der Waals surface area contributed by atoms with Crippen LogP contribution in [-0.2, 0) is 4.79 Å². The largest absolute Gasteiger partial charge is 0.370 e. The van der Waals surface area contributed by atoms with E-state index in [1.54, 1.807) is 6.07 Å². The van der Waals surface area contributed by atoms with Gasteiger partial charge in [0.25, 0.3) is 0 Å². The molecule has 1 aromatic heterocycles. The number of hydrogen-bond donors (Lipinski definition) is 2. The molecular weight excluding hydrogens is 405 g/mol. The van der Waals surface area contributed by atoms with E-state index in [0.29, 0.717) is 24.7 Å². The summed E-state index contributed by atoms with van der Waals surface area (Å²) in [5.74, 6) is 1.79. The minimum atomic E-state index is -0.0954. The first-order chi connectivity index (χ1) is 10.5. The van der Waals surface area contributed by atoms with Crippen LogP contribution >= 0.6 is 24.0 Å². The van der Waals surface area contributed by atoms with Crippen LogP contribution in [0.15, 0.2) is 23.2 Å². The zero-order valence-corrected chi connectivity index (χ0v) is 16.1. The van der Waals surface area contributed by atoms with Crippen LogP contribution in [0.25, 0.3) is 0 Å². The van der Waals surface area contributed by atoms with Crippen molar-refractivity contribution in [3.8, 4) is 0 Å². The van der Waals surface area contributed by atoms with E-state index in [-0.39, 0.29) is 29.9 Å². The third kappa shape index (κ3) is 6.72. The summed E-state index contributed by atoms with van der Waals surface area (Å²) in [5, 5.41) is 2.77. The Labute approximate surface area is 155 Å². The number of amides is 1. The molecule has 0 unspecified atom stereocenters. The molecule has 0 spiro atoms. The van der Waals surface area contributed by atoms with Crippen molar-refractivity contribution >= 4 is 41.7 Å². The number of anilines is 1. The fourth-order valence-electron chi connectivity index (χ4n) is 2.43. The average molecular weight is 431 g/mol. The number of guanidine groups is 1. The summed E-state index contributed by atoms with van der Waals surface area (Å²) in [4.78, 5) is 22.5. The van der Waals surface area contributed by atoms with Crippen molar-refractivity contribution in [1.29, 1.82) is 0 Å². The van der Waals surface area contributed by atoms with Gasteiger partial charge >= 0.3 is 0 Å². The Balaban J connectivity index is 0.00000264. The van der Waals surface area contributed by atoms with E-state index < -0.39 is 0 Å². The van der Waals surface area contributed by atoms with E-state index in [2.05, 4.69) is 27.1 Å². The molecule has 7 heteroatoms. The monoisotopic (exact) mass is 431 g/mol. The molecule has 1 amide bonds. The second-order valence-corrected chi connectivity index (χ2v) is 5.87. The minimum absolute atomic E-state index is 0. The van der Waals surface area contributed by atoms with Crippen LogP contribution in [0, 0.1) is 12.8 Å². The summed E-state index contributed by atoms with van der Waals surface area (Å²) >= 11 is 0. The van der Waals surface area contributed by atoms with Gasteiger partial charge < -0.3 is 16.0 Å². The molecule has 0 bridgehead atoms. The second kappa shape index (κ2) is 9.69. The van der Waals surface area contributed by atoms with Gasteiger partial charge in [-0.15, -0.1) is 24.0 Å². The van der Waals surface area contributed by atoms with Crippen LogP contribution in [0.1, 0.15) is 31.9 Å². The number of rotatable bonds is 4. The van der Waals surface area contributed by atoms with E-state index >= 15 is 0 Å². The number of halogens is 1. The second-order valence-electron chi connectivity index (χ2n) is 5.87. The Bertz CT molecular complexity index is 541. The highest BCUT2D eigenvalue weighted by molar-refractivity contribution is 14.0. The van der Waals surface area contributed by atoms with Gasteiger partial charge in [-0.2, -0.15) is 0 Å². The van der Waals surface area contributed by atoms with Gasteiger partial charge in [-0.25, -0.2) is 4.98 Å². The van der Waals surface area contributed by atoms with Crippen LogP contribution < -0.4 is 11.1 Å². The van der Waals surface area contributed by atoms with Crippen molar-refractivity contribution in [2.45, 2.75) is 33.1 Å². The molecule has 23 heavy (non-hydrogen) atoms. The van der Waals surface area contributed by atoms with Gasteiger partial charge in [0, 0.05) is 25.2 Å². The van der Waals surface area contributed by atoms with Crippen LogP contribution in [0.5, 0.6) is 0 Å².